The summed E-state index contributed by atoms with van der Waals surface area (Å²) in [6, 6.07) is 5.78. The van der Waals surface area contributed by atoms with Crippen LogP contribution in [-0.4, -0.2) is 5.91 Å². The molecule has 0 bridgehead atoms. The minimum Gasteiger partial charge on any atom is -0.399 e. The number of carbonyl (C=O) groups is 1. The van der Waals surface area contributed by atoms with Gasteiger partial charge in [0.1, 0.15) is 0 Å². The van der Waals surface area contributed by atoms with Crippen LogP contribution in [0.15, 0.2) is 18.2 Å². The largest absolute Gasteiger partial charge is 0.399 e. The third-order valence-corrected chi connectivity index (χ3v) is 3.66. The van der Waals surface area contributed by atoms with Crippen LogP contribution in [0, 0.1) is 0 Å². The minimum atomic E-state index is 0.0415. The number of nitrogens with one attached hydrogen (secondary N) is 1. The van der Waals surface area contributed by atoms with Gasteiger partial charge in [0.05, 0.1) is 4.88 Å². The maximum absolute atomic E-state index is 11.4. The number of nitrogen functional groups attached to an aromatic ring is 1. The second-order valence-corrected chi connectivity index (χ2v) is 4.40. The second kappa shape index (κ2) is 2.48. The number of hydrogen-bond donors (Lipinski definition) is 2. The van der Waals surface area contributed by atoms with Gasteiger partial charge in [-0.15, -0.1) is 11.3 Å². The van der Waals surface area contributed by atoms with Crippen LogP contribution in [0.5, 0.6) is 0 Å². The van der Waals surface area contributed by atoms with E-state index in [0.717, 1.165) is 26.2 Å². The molecule has 3 N–H and O–H groups in total. The monoisotopic (exact) mass is 204 g/mol. The quantitative estimate of drug-likeness (QED) is 0.642. The normalized spacial score (nSPS) is 14.4. The van der Waals surface area contributed by atoms with E-state index in [1.807, 2.05) is 18.2 Å². The van der Waals surface area contributed by atoms with E-state index in [-0.39, 0.29) is 5.91 Å². The lowest BCUT2D eigenvalue weighted by Crippen LogP contribution is -2.12. The molecule has 1 aromatic heterocycles. The predicted molar refractivity (Wildman–Crippen MR) is 57.4 cm³/mol. The van der Waals surface area contributed by atoms with Crippen molar-refractivity contribution in [3.63, 3.8) is 0 Å². The van der Waals surface area contributed by atoms with E-state index >= 15 is 0 Å². The Morgan fingerprint density at radius 2 is 2.29 bits per heavy atom. The van der Waals surface area contributed by atoms with Crippen molar-refractivity contribution < 1.29 is 4.79 Å². The van der Waals surface area contributed by atoms with Gasteiger partial charge in [0.15, 0.2) is 0 Å². The Morgan fingerprint density at radius 1 is 1.43 bits per heavy atom. The first-order chi connectivity index (χ1) is 6.75. The molecule has 14 heavy (non-hydrogen) atoms. The van der Waals surface area contributed by atoms with Crippen LogP contribution in [0.1, 0.15) is 15.2 Å². The number of thiophene rings is 1. The fourth-order valence-electron chi connectivity index (χ4n) is 1.77. The zero-order chi connectivity index (χ0) is 9.71. The molecule has 0 fully saturated rings. The highest BCUT2D eigenvalue weighted by atomic mass is 32.1. The van der Waals surface area contributed by atoms with Gasteiger partial charge in [0.25, 0.3) is 5.91 Å². The van der Waals surface area contributed by atoms with Crippen LogP contribution in [0.4, 0.5) is 5.69 Å². The highest BCUT2D eigenvalue weighted by Crippen LogP contribution is 2.34. The summed E-state index contributed by atoms with van der Waals surface area (Å²) in [5, 5.41) is 3.92. The van der Waals surface area contributed by atoms with Gasteiger partial charge < -0.3 is 11.1 Å². The molecule has 2 aromatic rings. The molecular weight excluding hydrogens is 196 g/mol. The van der Waals surface area contributed by atoms with E-state index in [1.165, 1.54) is 11.3 Å². The van der Waals surface area contributed by atoms with Crippen molar-refractivity contribution in [2.45, 2.75) is 6.54 Å². The van der Waals surface area contributed by atoms with Gasteiger partial charge >= 0.3 is 0 Å². The summed E-state index contributed by atoms with van der Waals surface area (Å²) in [6.45, 7) is 0.637. The van der Waals surface area contributed by atoms with E-state index < -0.39 is 0 Å². The predicted octanol–water partition coefficient (Wildman–Crippen LogP) is 1.73. The first-order valence-corrected chi connectivity index (χ1v) is 5.16. The fourth-order valence-corrected chi connectivity index (χ4v) is 2.89. The van der Waals surface area contributed by atoms with Crippen molar-refractivity contribution in [3.8, 4) is 0 Å². The lowest BCUT2D eigenvalue weighted by atomic mass is 10.1. The first kappa shape index (κ1) is 7.82. The zero-order valence-electron chi connectivity index (χ0n) is 7.33. The van der Waals surface area contributed by atoms with Gasteiger partial charge in [0, 0.05) is 27.9 Å². The van der Waals surface area contributed by atoms with Crippen LogP contribution in [0.3, 0.4) is 0 Å². The molecule has 0 saturated heterocycles. The lowest BCUT2D eigenvalue weighted by Gasteiger charge is -1.95. The van der Waals surface area contributed by atoms with Gasteiger partial charge in [-0.1, -0.05) is 0 Å². The molecule has 0 spiro atoms. The highest BCUT2D eigenvalue weighted by molar-refractivity contribution is 7.21. The molecule has 4 heteroatoms. The minimum absolute atomic E-state index is 0.0415. The maximum Gasteiger partial charge on any atom is 0.262 e. The van der Waals surface area contributed by atoms with Crippen molar-refractivity contribution in [1.82, 2.24) is 5.32 Å². The third kappa shape index (κ3) is 0.886. The molecule has 3 nitrogen and oxygen atoms in total. The topological polar surface area (TPSA) is 55.1 Å². The fraction of sp³-hybridized carbons (Fsp3) is 0.100. The van der Waals surface area contributed by atoms with Crippen molar-refractivity contribution in [2.24, 2.45) is 0 Å². The number of benzene rings is 1. The summed E-state index contributed by atoms with van der Waals surface area (Å²) in [7, 11) is 0. The number of rotatable bonds is 0. The number of hydrogen-bond acceptors (Lipinski definition) is 3. The summed E-state index contributed by atoms with van der Waals surface area (Å²) < 4.78 is 1.14. The lowest BCUT2D eigenvalue weighted by molar-refractivity contribution is 0.0969. The first-order valence-electron chi connectivity index (χ1n) is 4.35. The standard InChI is InChI=1S/C10H8N2OS/c11-5-1-2-8-6(3-5)7-4-12-10(13)9(7)14-8/h1-3H,4,11H2,(H,12,13). The van der Waals surface area contributed by atoms with E-state index in [0.29, 0.717) is 6.54 Å². The van der Waals surface area contributed by atoms with E-state index in [4.69, 9.17) is 5.73 Å². The molecule has 1 amide bonds. The highest BCUT2D eigenvalue weighted by Gasteiger charge is 2.23. The van der Waals surface area contributed by atoms with Crippen molar-refractivity contribution in [1.29, 1.82) is 0 Å². The molecule has 3 rings (SSSR count). The average molecular weight is 204 g/mol. The Kier molecular flexibility index (Phi) is 1.39. The number of anilines is 1. The summed E-state index contributed by atoms with van der Waals surface area (Å²) >= 11 is 1.54. The van der Waals surface area contributed by atoms with Crippen LogP contribution in [0.2, 0.25) is 0 Å². The van der Waals surface area contributed by atoms with Gasteiger partial charge in [-0.25, -0.2) is 0 Å². The summed E-state index contributed by atoms with van der Waals surface area (Å²) in [6.07, 6.45) is 0. The summed E-state index contributed by atoms with van der Waals surface area (Å²) in [4.78, 5) is 12.2. The molecule has 0 atom stereocenters. The van der Waals surface area contributed by atoms with Gasteiger partial charge in [0.2, 0.25) is 0 Å². The van der Waals surface area contributed by atoms with E-state index in [9.17, 15) is 4.79 Å². The maximum atomic E-state index is 11.4. The molecule has 0 saturated carbocycles. The third-order valence-electron chi connectivity index (χ3n) is 2.45. The van der Waals surface area contributed by atoms with E-state index in [2.05, 4.69) is 5.32 Å². The van der Waals surface area contributed by atoms with Crippen molar-refractivity contribution in [2.75, 3.05) is 5.73 Å². The number of amides is 1. The summed E-state index contributed by atoms with van der Waals surface area (Å²) in [5.41, 5.74) is 7.56. The van der Waals surface area contributed by atoms with Gasteiger partial charge in [-0.2, -0.15) is 0 Å². The van der Waals surface area contributed by atoms with Crippen LogP contribution >= 0.6 is 11.3 Å². The SMILES string of the molecule is Nc1ccc2sc3c(c2c1)CNC3=O. The molecule has 0 aliphatic carbocycles. The van der Waals surface area contributed by atoms with Gasteiger partial charge in [-0.05, 0) is 18.2 Å². The number of carbonyl (C=O) groups excluding carboxylic acids is 1. The Balaban J connectivity index is 2.41. The molecule has 1 aliphatic rings. The van der Waals surface area contributed by atoms with Gasteiger partial charge in [-0.3, -0.25) is 4.79 Å². The van der Waals surface area contributed by atoms with Crippen LogP contribution < -0.4 is 11.1 Å². The smallest absolute Gasteiger partial charge is 0.262 e. The van der Waals surface area contributed by atoms with Crippen molar-refractivity contribution in [3.05, 3.63) is 28.6 Å². The molecular formula is C10H8N2OS. The molecule has 1 aliphatic heterocycles. The molecule has 0 radical (unpaired) electrons. The Bertz CT molecular complexity index is 544. The number of fused-ring (bicyclic) bond motifs is 3. The van der Waals surface area contributed by atoms with Crippen LogP contribution in [0.25, 0.3) is 10.1 Å². The average Bonchev–Trinajstić information content (AvgIpc) is 2.67. The van der Waals surface area contributed by atoms with E-state index in [1.54, 1.807) is 0 Å². The number of nitrogens with two attached hydrogens (primary N) is 1. The molecule has 1 aromatic carbocycles. The molecule has 0 unspecified atom stereocenters. The Labute approximate surface area is 84.5 Å². The Morgan fingerprint density at radius 3 is 3.14 bits per heavy atom. The molecule has 70 valence electrons. The zero-order valence-corrected chi connectivity index (χ0v) is 8.15. The van der Waals surface area contributed by atoms with Crippen LogP contribution in [-0.2, 0) is 6.54 Å². The Hall–Kier alpha value is -1.55. The summed E-state index contributed by atoms with van der Waals surface area (Å²) in [5.74, 6) is 0.0415. The second-order valence-electron chi connectivity index (χ2n) is 3.35. The molecule has 2 heterocycles. The van der Waals surface area contributed by atoms with Crippen molar-refractivity contribution >= 4 is 33.0 Å².